The molecular formula is C42H47N3O3S. The van der Waals surface area contributed by atoms with Crippen LogP contribution in [0.4, 0.5) is 11.4 Å². The third kappa shape index (κ3) is 6.91. The number of fused-ring (bicyclic) bond motifs is 6. The molecule has 6 rings (SSSR count). The van der Waals surface area contributed by atoms with Crippen LogP contribution in [0.1, 0.15) is 58.1 Å². The Labute approximate surface area is 295 Å². The lowest BCUT2D eigenvalue weighted by Crippen LogP contribution is -2.28. The van der Waals surface area contributed by atoms with Crippen molar-refractivity contribution in [2.75, 3.05) is 30.3 Å². The van der Waals surface area contributed by atoms with Gasteiger partial charge in [0.05, 0.1) is 5.41 Å². The maximum Gasteiger partial charge on any atom is 0.210 e. The van der Waals surface area contributed by atoms with E-state index in [0.717, 1.165) is 44.4 Å². The van der Waals surface area contributed by atoms with Crippen molar-refractivity contribution in [3.8, 4) is 0 Å². The van der Waals surface area contributed by atoms with Crippen LogP contribution in [-0.4, -0.2) is 35.7 Å². The highest BCUT2D eigenvalue weighted by molar-refractivity contribution is 7.94. The van der Waals surface area contributed by atoms with Gasteiger partial charge in [0.2, 0.25) is 5.69 Å². The fourth-order valence-corrected chi connectivity index (χ4v) is 8.20. The molecule has 0 aromatic heterocycles. The molecular weight excluding hydrogens is 627 g/mol. The molecule has 2 aliphatic heterocycles. The largest absolute Gasteiger partial charge is 0.691 e. The van der Waals surface area contributed by atoms with Gasteiger partial charge in [-0.3, -0.25) is 5.04 Å². The topological polar surface area (TPSA) is 73.8 Å². The maximum atomic E-state index is 10.1. The minimum atomic E-state index is -0.171. The standard InChI is InChI=1S/C42H47N3O3S/c1-41(2)37(44(28-14-15-30-49-48-47-46)35-25-23-31-17-10-12-19-33(31)39(35)41)21-8-6-5-7-9-22-38-42(3,4)40-34-20-13-11-18-32(34)24-26-36(40)45(38)29-16-27-43/h5-13,17-26H,14-16,27-30,43H2,1-4H3. The first-order valence-corrected chi connectivity index (χ1v) is 18.2. The monoisotopic (exact) mass is 673 g/mol. The minimum absolute atomic E-state index is 0.137. The molecule has 0 amide bonds. The van der Waals surface area contributed by atoms with Gasteiger partial charge < -0.3 is 15.9 Å². The summed E-state index contributed by atoms with van der Waals surface area (Å²) in [6.45, 7) is 11.7. The molecule has 0 saturated heterocycles. The van der Waals surface area contributed by atoms with Crippen LogP contribution in [0.15, 0.2) is 121 Å². The fourth-order valence-electron chi connectivity index (χ4n) is 7.77. The minimum Gasteiger partial charge on any atom is -0.691 e. The Morgan fingerprint density at radius 1 is 0.776 bits per heavy atom. The van der Waals surface area contributed by atoms with Crippen molar-refractivity contribution in [1.82, 2.24) is 0 Å². The van der Waals surface area contributed by atoms with E-state index in [1.54, 1.807) is 0 Å². The zero-order chi connectivity index (χ0) is 34.4. The van der Waals surface area contributed by atoms with Gasteiger partial charge in [0.1, 0.15) is 0 Å². The van der Waals surface area contributed by atoms with Gasteiger partial charge in [0, 0.05) is 65.3 Å². The van der Waals surface area contributed by atoms with Gasteiger partial charge in [0.15, 0.2) is 12.3 Å². The smallest absolute Gasteiger partial charge is 0.210 e. The Bertz CT molecular complexity index is 1970. The number of allylic oxidation sites excluding steroid dienone is 8. The zero-order valence-electron chi connectivity index (χ0n) is 29.0. The average Bonchev–Trinajstić information content (AvgIpc) is 3.46. The number of hydrogen-bond acceptors (Lipinski definition) is 6. The summed E-state index contributed by atoms with van der Waals surface area (Å²) in [5, 5.41) is 18.8. The SMILES string of the molecule is CC1(C)C(=CC=CC=CC=CC2=[N+](CCCN)c3ccc4ccccc4c3C2(C)C)N(CCCCSOO[O-])c2ccc3ccccc3c21. The molecule has 0 aliphatic carbocycles. The summed E-state index contributed by atoms with van der Waals surface area (Å²) in [7, 11) is 0. The molecule has 0 atom stereocenters. The van der Waals surface area contributed by atoms with Crippen LogP contribution >= 0.6 is 12.0 Å². The Balaban J connectivity index is 1.23. The maximum absolute atomic E-state index is 10.1. The number of hydrogen-bond donors (Lipinski definition) is 1. The van der Waals surface area contributed by atoms with Crippen LogP contribution in [0, 0.1) is 0 Å². The number of benzene rings is 4. The molecule has 4 aromatic rings. The van der Waals surface area contributed by atoms with E-state index in [4.69, 9.17) is 5.73 Å². The second-order valence-corrected chi connectivity index (χ2v) is 14.6. The summed E-state index contributed by atoms with van der Waals surface area (Å²) in [5.74, 6) is 0.700. The van der Waals surface area contributed by atoms with Gasteiger partial charge in [-0.05, 0) is 78.6 Å². The predicted molar refractivity (Wildman–Crippen MR) is 204 cm³/mol. The van der Waals surface area contributed by atoms with Crippen LogP contribution < -0.4 is 15.9 Å². The van der Waals surface area contributed by atoms with E-state index < -0.39 is 0 Å². The lowest BCUT2D eigenvalue weighted by Gasteiger charge is -2.27. The number of unbranched alkanes of at least 4 members (excludes halogenated alkanes) is 1. The molecule has 2 aliphatic rings. The van der Waals surface area contributed by atoms with Gasteiger partial charge in [-0.1, -0.05) is 98.8 Å². The van der Waals surface area contributed by atoms with Gasteiger partial charge in [-0.2, -0.15) is 8.91 Å². The normalized spacial score (nSPS) is 17.6. The highest BCUT2D eigenvalue weighted by Crippen LogP contribution is 2.51. The highest BCUT2D eigenvalue weighted by atomic mass is 32.2. The molecule has 254 valence electrons. The number of nitrogens with zero attached hydrogens (tertiary/aromatic N) is 2. The van der Waals surface area contributed by atoms with Crippen LogP contribution in [0.2, 0.25) is 0 Å². The van der Waals surface area contributed by atoms with Crippen LogP contribution in [0.5, 0.6) is 0 Å². The molecule has 0 unspecified atom stereocenters. The lowest BCUT2D eigenvalue weighted by atomic mass is 9.79. The highest BCUT2D eigenvalue weighted by Gasteiger charge is 2.45. The first kappa shape index (κ1) is 34.9. The molecule has 0 radical (unpaired) electrons. The second-order valence-electron chi connectivity index (χ2n) is 13.8. The molecule has 2 N–H and O–H groups in total. The summed E-state index contributed by atoms with van der Waals surface area (Å²) in [6.07, 6.45) is 18.0. The molecule has 7 heteroatoms. The Kier molecular flexibility index (Phi) is 10.9. The average molecular weight is 674 g/mol. The lowest BCUT2D eigenvalue weighted by molar-refractivity contribution is -0.777. The number of rotatable bonds is 14. The Hall–Kier alpha value is -3.98. The summed E-state index contributed by atoms with van der Waals surface area (Å²) in [6, 6.07) is 26.3. The van der Waals surface area contributed by atoms with E-state index in [1.807, 2.05) is 0 Å². The van der Waals surface area contributed by atoms with E-state index in [2.05, 4.69) is 162 Å². The number of nitrogens with two attached hydrogens (primary N) is 1. The van der Waals surface area contributed by atoms with Gasteiger partial charge in [-0.15, -0.1) is 0 Å². The van der Waals surface area contributed by atoms with E-state index in [-0.39, 0.29) is 10.8 Å². The molecule has 4 aromatic carbocycles. The third-order valence-electron chi connectivity index (χ3n) is 9.98. The summed E-state index contributed by atoms with van der Waals surface area (Å²) >= 11 is 1.05. The van der Waals surface area contributed by atoms with Crippen molar-refractivity contribution in [1.29, 1.82) is 0 Å². The second kappa shape index (κ2) is 15.3. The predicted octanol–water partition coefficient (Wildman–Crippen LogP) is 8.72. The Morgan fingerprint density at radius 3 is 2.18 bits per heavy atom. The molecule has 0 saturated carbocycles. The first-order chi connectivity index (χ1) is 23.8. The molecule has 6 nitrogen and oxygen atoms in total. The summed E-state index contributed by atoms with van der Waals surface area (Å²) in [4.78, 5) is 2.46. The van der Waals surface area contributed by atoms with E-state index >= 15 is 0 Å². The van der Waals surface area contributed by atoms with Crippen LogP contribution in [0.25, 0.3) is 21.5 Å². The fraction of sp³-hybridized carbons (Fsp3) is 0.310. The van der Waals surface area contributed by atoms with Crippen LogP contribution in [-0.2, 0) is 20.2 Å². The van der Waals surface area contributed by atoms with Crippen molar-refractivity contribution < 1.29 is 19.2 Å². The van der Waals surface area contributed by atoms with Crippen molar-refractivity contribution in [3.63, 3.8) is 0 Å². The summed E-state index contributed by atoms with van der Waals surface area (Å²) < 4.78 is 6.91. The van der Waals surface area contributed by atoms with E-state index in [9.17, 15) is 5.26 Å². The third-order valence-corrected chi connectivity index (χ3v) is 10.6. The van der Waals surface area contributed by atoms with Gasteiger partial charge in [-0.25, -0.2) is 0 Å². The molecule has 0 bridgehead atoms. The van der Waals surface area contributed by atoms with E-state index in [1.165, 1.54) is 55.5 Å². The van der Waals surface area contributed by atoms with Crippen molar-refractivity contribution in [2.24, 2.45) is 5.73 Å². The van der Waals surface area contributed by atoms with Crippen molar-refractivity contribution in [2.45, 2.75) is 57.8 Å². The van der Waals surface area contributed by atoms with Crippen molar-refractivity contribution in [3.05, 3.63) is 132 Å². The van der Waals surface area contributed by atoms with Crippen LogP contribution in [0.3, 0.4) is 0 Å². The quantitative estimate of drug-likeness (QED) is 0.0361. The molecule has 0 fully saturated rings. The van der Waals surface area contributed by atoms with Crippen molar-refractivity contribution >= 4 is 50.7 Å². The summed E-state index contributed by atoms with van der Waals surface area (Å²) in [5.41, 5.74) is 13.5. The molecule has 0 spiro atoms. The van der Waals surface area contributed by atoms with Gasteiger partial charge in [0.25, 0.3) is 0 Å². The van der Waals surface area contributed by atoms with Gasteiger partial charge >= 0.3 is 0 Å². The Morgan fingerprint density at radius 2 is 1.45 bits per heavy atom. The molecule has 49 heavy (non-hydrogen) atoms. The molecule has 2 heterocycles. The first-order valence-electron chi connectivity index (χ1n) is 17.3. The zero-order valence-corrected chi connectivity index (χ0v) is 29.8. The van der Waals surface area contributed by atoms with E-state index in [0.29, 0.717) is 12.3 Å². The number of anilines is 1.